The number of hydrogen-bond acceptors (Lipinski definition) is 9. The van der Waals surface area contributed by atoms with Gasteiger partial charge in [-0.3, -0.25) is 14.6 Å². The molecule has 1 aromatic carbocycles. The highest BCUT2D eigenvalue weighted by Crippen LogP contribution is 2.29. The molecule has 11 nitrogen and oxygen atoms in total. The van der Waals surface area contributed by atoms with Crippen LogP contribution >= 0.6 is 13.5 Å². The number of amides is 2. The third-order valence-electron chi connectivity index (χ3n) is 7.56. The van der Waals surface area contributed by atoms with Crippen LogP contribution in [0.5, 0.6) is 0 Å². The van der Waals surface area contributed by atoms with Gasteiger partial charge in [-0.25, -0.2) is 24.3 Å². The molecule has 0 bridgehead atoms. The molecule has 43 heavy (non-hydrogen) atoms. The van der Waals surface area contributed by atoms with Crippen molar-refractivity contribution in [3.63, 3.8) is 0 Å². The standard InChI is InChI=1S/C30H34FN9O2.H2S/c1-4-26(41)40-11-8-20(9-12-40)39-30-35-15-19(16-36-30)24-13-25(38-17-37-24)34-14-18(2)21-5-6-23(31)27-22(29(42)32-3)7-10-33-28(21)27;/h5-7,10,13,15-18,20H,4,8-9,11-12,14H2,1-3H3,(H,32,42)(H,34,37,38)(H,35,36,39);1H2/t18-;/m1./s1. The van der Waals surface area contributed by atoms with Gasteiger partial charge in [-0.1, -0.05) is 19.9 Å². The number of likely N-dealkylation sites (tertiary alicyclic amines) is 1. The Kier molecular flexibility index (Phi) is 10.4. The first-order valence-corrected chi connectivity index (χ1v) is 14.1. The molecule has 226 valence electrons. The van der Waals surface area contributed by atoms with Crippen molar-refractivity contribution in [3.8, 4) is 11.3 Å². The number of pyridine rings is 1. The van der Waals surface area contributed by atoms with Crippen molar-refractivity contribution in [1.82, 2.24) is 35.1 Å². The number of aromatic nitrogens is 5. The smallest absolute Gasteiger partial charge is 0.251 e. The summed E-state index contributed by atoms with van der Waals surface area (Å²) >= 11 is 0. The summed E-state index contributed by atoms with van der Waals surface area (Å²) in [4.78, 5) is 48.2. The van der Waals surface area contributed by atoms with E-state index in [4.69, 9.17) is 0 Å². The van der Waals surface area contributed by atoms with E-state index < -0.39 is 5.82 Å². The Hall–Kier alpha value is -4.39. The lowest BCUT2D eigenvalue weighted by molar-refractivity contribution is -0.131. The van der Waals surface area contributed by atoms with Crippen molar-refractivity contribution in [2.24, 2.45) is 0 Å². The van der Waals surface area contributed by atoms with Crippen LogP contribution < -0.4 is 16.0 Å². The normalized spacial score (nSPS) is 14.1. The molecule has 0 aliphatic carbocycles. The molecule has 4 aromatic rings. The molecular weight excluding hydrogens is 569 g/mol. The van der Waals surface area contributed by atoms with Gasteiger partial charge in [0.1, 0.15) is 18.0 Å². The number of nitrogens with one attached hydrogen (secondary N) is 3. The predicted molar refractivity (Wildman–Crippen MR) is 169 cm³/mol. The number of piperidine rings is 1. The second-order valence-corrected chi connectivity index (χ2v) is 10.3. The fraction of sp³-hybridized carbons (Fsp3) is 0.367. The number of carbonyl (C=O) groups excluding carboxylic acids is 2. The van der Waals surface area contributed by atoms with Crippen molar-refractivity contribution in [2.75, 3.05) is 37.3 Å². The van der Waals surface area contributed by atoms with E-state index in [1.807, 2.05) is 24.8 Å². The minimum atomic E-state index is -0.488. The Morgan fingerprint density at radius 2 is 1.81 bits per heavy atom. The fourth-order valence-corrected chi connectivity index (χ4v) is 5.16. The SMILES string of the molecule is CCC(=O)N1CCC(Nc2ncc(-c3cc(NC[C@@H](C)c4ccc(F)c5c(C(=O)NC)ccnc45)ncn3)cn2)CC1.S. The molecule has 4 heterocycles. The summed E-state index contributed by atoms with van der Waals surface area (Å²) in [6.45, 7) is 5.86. The van der Waals surface area contributed by atoms with Gasteiger partial charge >= 0.3 is 0 Å². The number of halogens is 1. The second-order valence-electron chi connectivity index (χ2n) is 10.3. The summed E-state index contributed by atoms with van der Waals surface area (Å²) < 4.78 is 14.8. The zero-order valence-electron chi connectivity index (χ0n) is 24.4. The lowest BCUT2D eigenvalue weighted by Gasteiger charge is -2.32. The molecule has 1 atom stereocenters. The van der Waals surface area contributed by atoms with Crippen LogP contribution in [0.1, 0.15) is 54.9 Å². The topological polar surface area (TPSA) is 138 Å². The van der Waals surface area contributed by atoms with Crippen LogP contribution in [0.4, 0.5) is 16.2 Å². The van der Waals surface area contributed by atoms with Gasteiger partial charge < -0.3 is 20.9 Å². The third-order valence-corrected chi connectivity index (χ3v) is 7.56. The number of fused-ring (bicyclic) bond motifs is 1. The van der Waals surface area contributed by atoms with E-state index in [0.717, 1.165) is 37.1 Å². The molecule has 0 saturated carbocycles. The van der Waals surface area contributed by atoms with Gasteiger partial charge in [-0.15, -0.1) is 0 Å². The summed E-state index contributed by atoms with van der Waals surface area (Å²) in [5.74, 6) is 0.432. The van der Waals surface area contributed by atoms with Gasteiger partial charge in [0.05, 0.1) is 16.8 Å². The van der Waals surface area contributed by atoms with Gasteiger partial charge in [0, 0.05) is 80.7 Å². The first-order valence-electron chi connectivity index (χ1n) is 14.1. The highest BCUT2D eigenvalue weighted by molar-refractivity contribution is 7.59. The summed E-state index contributed by atoms with van der Waals surface area (Å²) in [7, 11) is 1.51. The quantitative estimate of drug-likeness (QED) is 0.257. The third kappa shape index (κ3) is 7.16. The molecule has 1 aliphatic heterocycles. The summed E-state index contributed by atoms with van der Waals surface area (Å²) in [5.41, 5.74) is 2.94. The van der Waals surface area contributed by atoms with E-state index in [1.54, 1.807) is 18.5 Å². The average molecular weight is 606 g/mol. The highest BCUT2D eigenvalue weighted by Gasteiger charge is 2.22. The maximum absolute atomic E-state index is 14.8. The maximum atomic E-state index is 14.8. The number of carbonyl (C=O) groups is 2. The highest BCUT2D eigenvalue weighted by atomic mass is 32.1. The molecule has 5 rings (SSSR count). The van der Waals surface area contributed by atoms with Crippen LogP contribution in [0.25, 0.3) is 22.2 Å². The first kappa shape index (κ1) is 31.5. The number of rotatable bonds is 9. The monoisotopic (exact) mass is 605 g/mol. The summed E-state index contributed by atoms with van der Waals surface area (Å²) in [6.07, 6.45) is 8.69. The van der Waals surface area contributed by atoms with Crippen molar-refractivity contribution in [1.29, 1.82) is 0 Å². The number of hydrogen-bond donors (Lipinski definition) is 3. The molecule has 13 heteroatoms. The van der Waals surface area contributed by atoms with Crippen molar-refractivity contribution in [3.05, 3.63) is 66.1 Å². The second kappa shape index (κ2) is 14.2. The Labute approximate surface area is 256 Å². The molecule has 3 N–H and O–H groups in total. The largest absolute Gasteiger partial charge is 0.369 e. The lowest BCUT2D eigenvalue weighted by atomic mass is 9.95. The van der Waals surface area contributed by atoms with Crippen LogP contribution in [0.3, 0.4) is 0 Å². The zero-order valence-corrected chi connectivity index (χ0v) is 25.4. The summed E-state index contributed by atoms with van der Waals surface area (Å²) in [5, 5.41) is 9.47. The molecule has 1 aliphatic rings. The van der Waals surface area contributed by atoms with Crippen LogP contribution in [0.15, 0.2) is 49.2 Å². The molecule has 0 radical (unpaired) electrons. The molecule has 3 aromatic heterocycles. The average Bonchev–Trinajstić information content (AvgIpc) is 3.03. The molecular formula is C30H36FN9O2S. The fourth-order valence-electron chi connectivity index (χ4n) is 5.16. The van der Waals surface area contributed by atoms with Gasteiger partial charge in [0.2, 0.25) is 11.9 Å². The van der Waals surface area contributed by atoms with Crippen molar-refractivity contribution in [2.45, 2.75) is 45.1 Å². The van der Waals surface area contributed by atoms with Gasteiger partial charge in [-0.05, 0) is 30.5 Å². The number of benzene rings is 1. The van der Waals surface area contributed by atoms with E-state index in [2.05, 4.69) is 40.9 Å². The number of anilines is 2. The van der Waals surface area contributed by atoms with Crippen LogP contribution in [-0.4, -0.2) is 74.4 Å². The molecule has 0 spiro atoms. The maximum Gasteiger partial charge on any atom is 0.251 e. The lowest BCUT2D eigenvalue weighted by Crippen LogP contribution is -2.42. The Bertz CT molecular complexity index is 1580. The van der Waals surface area contributed by atoms with Gasteiger partial charge in [-0.2, -0.15) is 13.5 Å². The minimum Gasteiger partial charge on any atom is -0.369 e. The minimum absolute atomic E-state index is 0. The van der Waals surface area contributed by atoms with Crippen LogP contribution in [0, 0.1) is 5.82 Å². The van der Waals surface area contributed by atoms with E-state index in [1.165, 1.54) is 31.7 Å². The summed E-state index contributed by atoms with van der Waals surface area (Å²) in [6, 6.07) is 6.64. The van der Waals surface area contributed by atoms with Crippen molar-refractivity contribution >= 4 is 48.0 Å². The zero-order chi connectivity index (χ0) is 29.6. The molecule has 2 amide bonds. The Morgan fingerprint density at radius 1 is 1.07 bits per heavy atom. The van der Waals surface area contributed by atoms with E-state index in [0.29, 0.717) is 35.9 Å². The first-order chi connectivity index (χ1) is 20.4. The predicted octanol–water partition coefficient (Wildman–Crippen LogP) is 4.12. The van der Waals surface area contributed by atoms with Crippen LogP contribution in [-0.2, 0) is 4.79 Å². The van der Waals surface area contributed by atoms with Gasteiger partial charge in [0.15, 0.2) is 0 Å². The Morgan fingerprint density at radius 3 is 2.51 bits per heavy atom. The molecule has 0 unspecified atom stereocenters. The van der Waals surface area contributed by atoms with Crippen LogP contribution in [0.2, 0.25) is 0 Å². The van der Waals surface area contributed by atoms with E-state index >= 15 is 0 Å². The van der Waals surface area contributed by atoms with E-state index in [-0.39, 0.29) is 48.2 Å². The number of nitrogens with zero attached hydrogens (tertiary/aromatic N) is 6. The molecule has 1 saturated heterocycles. The Balaban J connectivity index is 0.00000423. The van der Waals surface area contributed by atoms with Gasteiger partial charge in [0.25, 0.3) is 5.91 Å². The molecule has 1 fully saturated rings. The van der Waals surface area contributed by atoms with E-state index in [9.17, 15) is 14.0 Å². The van der Waals surface area contributed by atoms with Crippen molar-refractivity contribution < 1.29 is 14.0 Å².